The van der Waals surface area contributed by atoms with Gasteiger partial charge in [0.25, 0.3) is 0 Å². The zero-order valence-corrected chi connectivity index (χ0v) is 22.5. The Labute approximate surface area is 231 Å². The number of carboxylic acid groups (broad SMARTS) is 2. The van der Waals surface area contributed by atoms with Gasteiger partial charge in [0.15, 0.2) is 5.65 Å². The first kappa shape index (κ1) is 29.7. The molecule has 0 radical (unpaired) electrons. The van der Waals surface area contributed by atoms with Gasteiger partial charge in [-0.15, -0.1) is 0 Å². The highest BCUT2D eigenvalue weighted by molar-refractivity contribution is 5.89. The number of aromatic nitrogens is 5. The molecule has 1 atom stereocenters. The molecule has 0 spiro atoms. The van der Waals surface area contributed by atoms with Crippen molar-refractivity contribution in [3.8, 4) is 11.3 Å². The number of benzene rings is 1. The molecule has 0 saturated heterocycles. The van der Waals surface area contributed by atoms with E-state index < -0.39 is 11.9 Å². The lowest BCUT2D eigenvalue weighted by molar-refractivity contribution is -0.134. The van der Waals surface area contributed by atoms with Crippen LogP contribution in [0.2, 0.25) is 0 Å². The molecule has 12 nitrogen and oxygen atoms in total. The van der Waals surface area contributed by atoms with E-state index in [1.807, 2.05) is 31.3 Å². The van der Waals surface area contributed by atoms with Crippen molar-refractivity contribution in [3.05, 3.63) is 78.1 Å². The van der Waals surface area contributed by atoms with Crippen LogP contribution in [0.5, 0.6) is 0 Å². The lowest BCUT2D eigenvalue weighted by Crippen LogP contribution is -2.24. The largest absolute Gasteiger partial charge is 0.478 e. The Balaban J connectivity index is 0.000000482. The Morgan fingerprint density at radius 3 is 2.27 bits per heavy atom. The molecule has 40 heavy (non-hydrogen) atoms. The SMILES string of the molecule is CC[C@H](CO)Nc1nc(NCc2ccc(-c3ccccn3)cc2)n2ncc(C(C)C)c2n1.O=C(O)/C=C/C(=O)O. The fraction of sp³-hybridized carbons (Fsp3) is 0.286. The second kappa shape index (κ2) is 14.4. The number of carboxylic acids is 2. The molecule has 0 aliphatic heterocycles. The number of anilines is 2. The molecule has 0 aliphatic carbocycles. The zero-order chi connectivity index (χ0) is 29.1. The van der Waals surface area contributed by atoms with E-state index in [1.165, 1.54) is 0 Å². The number of hydrogen-bond acceptors (Lipinski definition) is 9. The van der Waals surface area contributed by atoms with Crippen molar-refractivity contribution in [1.29, 1.82) is 0 Å². The predicted molar refractivity (Wildman–Crippen MR) is 151 cm³/mol. The van der Waals surface area contributed by atoms with Crippen LogP contribution in [0.1, 0.15) is 44.2 Å². The summed E-state index contributed by atoms with van der Waals surface area (Å²) in [5.41, 5.74) is 4.96. The van der Waals surface area contributed by atoms with Crippen molar-refractivity contribution in [2.45, 2.75) is 45.7 Å². The number of hydrogen-bond donors (Lipinski definition) is 5. The van der Waals surface area contributed by atoms with E-state index in [0.717, 1.165) is 34.5 Å². The molecular weight excluding hydrogens is 514 g/mol. The standard InChI is InChI=1S/C24H29N7O.C4H4O4/c1-4-19(15-32)28-23-29-22-20(16(2)3)14-27-31(22)24(30-23)26-13-17-8-10-18(11-9-17)21-7-5-6-12-25-21;5-3(6)1-2-4(7)8/h5-12,14,16,19,32H,4,13,15H2,1-3H3,(H2,26,28,29,30);1-2H,(H,5,6)(H,7,8)/b;2-1+/t19-;/m1./s1. The highest BCUT2D eigenvalue weighted by Gasteiger charge is 2.16. The molecule has 3 aromatic heterocycles. The third-order valence-electron chi connectivity index (χ3n) is 5.80. The molecule has 4 rings (SSSR count). The van der Waals surface area contributed by atoms with E-state index in [-0.39, 0.29) is 18.6 Å². The summed E-state index contributed by atoms with van der Waals surface area (Å²) in [4.78, 5) is 32.8. The summed E-state index contributed by atoms with van der Waals surface area (Å²) in [7, 11) is 0. The smallest absolute Gasteiger partial charge is 0.328 e. The van der Waals surface area contributed by atoms with Gasteiger partial charge in [-0.3, -0.25) is 4.98 Å². The molecule has 0 saturated carbocycles. The number of fused-ring (bicyclic) bond motifs is 1. The first-order chi connectivity index (χ1) is 19.2. The van der Waals surface area contributed by atoms with Crippen LogP contribution < -0.4 is 10.6 Å². The maximum absolute atomic E-state index is 9.57. The van der Waals surface area contributed by atoms with Crippen molar-refractivity contribution in [2.75, 3.05) is 17.2 Å². The number of aliphatic carboxylic acids is 2. The molecule has 0 fully saturated rings. The first-order valence-electron chi connectivity index (χ1n) is 12.7. The summed E-state index contributed by atoms with van der Waals surface area (Å²) in [6.45, 7) is 6.85. The minimum Gasteiger partial charge on any atom is -0.478 e. The molecule has 210 valence electrons. The van der Waals surface area contributed by atoms with Crippen LogP contribution in [-0.4, -0.2) is 64.5 Å². The van der Waals surface area contributed by atoms with Gasteiger partial charge in [0.05, 0.1) is 24.5 Å². The first-order valence-corrected chi connectivity index (χ1v) is 12.7. The van der Waals surface area contributed by atoms with E-state index in [0.29, 0.717) is 30.6 Å². The molecule has 5 N–H and O–H groups in total. The fourth-order valence-electron chi connectivity index (χ4n) is 3.59. The second-order valence-electron chi connectivity index (χ2n) is 9.07. The number of carbonyl (C=O) groups is 2. The van der Waals surface area contributed by atoms with Crippen LogP contribution in [-0.2, 0) is 16.1 Å². The maximum Gasteiger partial charge on any atom is 0.328 e. The Hall–Kier alpha value is -4.84. The van der Waals surface area contributed by atoms with Gasteiger partial charge in [0.1, 0.15) is 0 Å². The Bertz CT molecular complexity index is 1420. The molecule has 12 heteroatoms. The molecule has 0 unspecified atom stereocenters. The summed E-state index contributed by atoms with van der Waals surface area (Å²) >= 11 is 0. The van der Waals surface area contributed by atoms with E-state index >= 15 is 0 Å². The molecule has 4 aromatic rings. The van der Waals surface area contributed by atoms with Gasteiger partial charge in [-0.1, -0.05) is 51.1 Å². The topological polar surface area (TPSA) is 175 Å². The summed E-state index contributed by atoms with van der Waals surface area (Å²) in [6, 6.07) is 14.1. The van der Waals surface area contributed by atoms with Gasteiger partial charge in [0.2, 0.25) is 11.9 Å². The van der Waals surface area contributed by atoms with Gasteiger partial charge in [-0.05, 0) is 30.0 Å². The molecule has 3 heterocycles. The Morgan fingerprint density at radius 1 is 1.02 bits per heavy atom. The lowest BCUT2D eigenvalue weighted by atomic mass is 10.1. The minimum atomic E-state index is -1.26. The van der Waals surface area contributed by atoms with Gasteiger partial charge in [-0.25, -0.2) is 9.59 Å². The van der Waals surface area contributed by atoms with Crippen molar-refractivity contribution < 1.29 is 24.9 Å². The maximum atomic E-state index is 9.57. The molecule has 0 bridgehead atoms. The van der Waals surface area contributed by atoms with Gasteiger partial charge < -0.3 is 26.0 Å². The zero-order valence-electron chi connectivity index (χ0n) is 22.5. The van der Waals surface area contributed by atoms with E-state index in [4.69, 9.17) is 10.2 Å². The fourth-order valence-corrected chi connectivity index (χ4v) is 3.59. The second-order valence-corrected chi connectivity index (χ2v) is 9.07. The molecule has 0 aliphatic rings. The highest BCUT2D eigenvalue weighted by Crippen LogP contribution is 2.23. The quantitative estimate of drug-likeness (QED) is 0.173. The molecule has 1 aromatic carbocycles. The van der Waals surface area contributed by atoms with E-state index in [9.17, 15) is 14.7 Å². The molecular formula is C28H33N7O5. The number of nitrogens with one attached hydrogen (secondary N) is 2. The van der Waals surface area contributed by atoms with Gasteiger partial charge in [0, 0.05) is 36.0 Å². The van der Waals surface area contributed by atoms with Gasteiger partial charge in [-0.2, -0.15) is 19.6 Å². The van der Waals surface area contributed by atoms with E-state index in [2.05, 4.69) is 68.8 Å². The third kappa shape index (κ3) is 8.33. The molecule has 0 amide bonds. The minimum absolute atomic E-state index is 0.0206. The van der Waals surface area contributed by atoms with E-state index in [1.54, 1.807) is 10.7 Å². The average Bonchev–Trinajstić information content (AvgIpc) is 3.39. The highest BCUT2D eigenvalue weighted by atomic mass is 16.4. The number of nitrogens with zero attached hydrogens (tertiary/aromatic N) is 5. The van der Waals surface area contributed by atoms with Crippen molar-refractivity contribution in [2.24, 2.45) is 0 Å². The van der Waals surface area contributed by atoms with Crippen LogP contribution in [0, 0.1) is 0 Å². The summed E-state index contributed by atoms with van der Waals surface area (Å²) < 4.78 is 1.74. The van der Waals surface area contributed by atoms with Crippen LogP contribution in [0.25, 0.3) is 16.9 Å². The van der Waals surface area contributed by atoms with Crippen molar-refractivity contribution in [3.63, 3.8) is 0 Å². The monoisotopic (exact) mass is 547 g/mol. The average molecular weight is 548 g/mol. The number of rotatable bonds is 11. The van der Waals surface area contributed by atoms with Crippen LogP contribution in [0.15, 0.2) is 67.0 Å². The number of pyridine rings is 1. The summed E-state index contributed by atoms with van der Waals surface area (Å²) in [6.07, 6.45) is 5.53. The van der Waals surface area contributed by atoms with Crippen LogP contribution >= 0.6 is 0 Å². The summed E-state index contributed by atoms with van der Waals surface area (Å²) in [5.74, 6) is -1.15. The number of aliphatic hydroxyl groups is 1. The Kier molecular flexibility index (Phi) is 10.7. The van der Waals surface area contributed by atoms with Crippen molar-refractivity contribution >= 4 is 29.5 Å². The van der Waals surface area contributed by atoms with Crippen molar-refractivity contribution in [1.82, 2.24) is 24.6 Å². The Morgan fingerprint density at radius 2 is 1.73 bits per heavy atom. The van der Waals surface area contributed by atoms with Gasteiger partial charge >= 0.3 is 11.9 Å². The third-order valence-corrected chi connectivity index (χ3v) is 5.80. The normalized spacial score (nSPS) is 11.7. The van der Waals surface area contributed by atoms with Crippen LogP contribution in [0.3, 0.4) is 0 Å². The van der Waals surface area contributed by atoms with Crippen LogP contribution in [0.4, 0.5) is 11.9 Å². The predicted octanol–water partition coefficient (Wildman–Crippen LogP) is 3.82. The number of aliphatic hydroxyl groups excluding tert-OH is 1. The summed E-state index contributed by atoms with van der Waals surface area (Å²) in [5, 5.41) is 36.3. The lowest BCUT2D eigenvalue weighted by Gasteiger charge is -2.16.